The van der Waals surface area contributed by atoms with Gasteiger partial charge in [0.25, 0.3) is 0 Å². The fraction of sp³-hybridized carbons (Fsp3) is 0.308. The SMILES string of the molecule is CC(N)Cc1ccc(Sc2cnn(C)c2)c(F)c1. The standard InChI is InChI=1S/C13H16FN3S/c1-9(15)5-10-3-4-13(12(14)6-10)18-11-7-16-17(2)8-11/h3-4,6-9H,5,15H2,1-2H3. The molecule has 0 saturated carbocycles. The summed E-state index contributed by atoms with van der Waals surface area (Å²) in [6.07, 6.45) is 4.27. The number of halogens is 1. The van der Waals surface area contributed by atoms with Crippen LogP contribution in [0.5, 0.6) is 0 Å². The van der Waals surface area contributed by atoms with Crippen LogP contribution in [0.15, 0.2) is 40.4 Å². The van der Waals surface area contributed by atoms with Gasteiger partial charge in [-0.2, -0.15) is 5.10 Å². The number of nitrogens with two attached hydrogens (primary N) is 1. The second-order valence-electron chi connectivity index (χ2n) is 4.40. The molecule has 3 nitrogen and oxygen atoms in total. The number of benzene rings is 1. The van der Waals surface area contributed by atoms with E-state index >= 15 is 0 Å². The maximum absolute atomic E-state index is 13.9. The summed E-state index contributed by atoms with van der Waals surface area (Å²) in [4.78, 5) is 1.53. The zero-order chi connectivity index (χ0) is 13.1. The largest absolute Gasteiger partial charge is 0.328 e. The van der Waals surface area contributed by atoms with Crippen molar-refractivity contribution in [3.8, 4) is 0 Å². The van der Waals surface area contributed by atoms with E-state index in [4.69, 9.17) is 5.73 Å². The molecular formula is C13H16FN3S. The zero-order valence-electron chi connectivity index (χ0n) is 10.4. The van der Waals surface area contributed by atoms with Crippen molar-refractivity contribution in [1.29, 1.82) is 0 Å². The first-order valence-electron chi connectivity index (χ1n) is 5.75. The Labute approximate surface area is 110 Å². The van der Waals surface area contributed by atoms with Crippen molar-refractivity contribution < 1.29 is 4.39 Å². The van der Waals surface area contributed by atoms with Crippen LogP contribution in [0.25, 0.3) is 0 Å². The molecule has 0 amide bonds. The Hall–Kier alpha value is -1.33. The Bertz CT molecular complexity index is 537. The van der Waals surface area contributed by atoms with Crippen molar-refractivity contribution in [3.05, 3.63) is 42.0 Å². The Morgan fingerprint density at radius 3 is 2.83 bits per heavy atom. The molecule has 1 atom stereocenters. The fourth-order valence-electron chi connectivity index (χ4n) is 1.70. The van der Waals surface area contributed by atoms with Gasteiger partial charge in [0.1, 0.15) is 5.82 Å². The van der Waals surface area contributed by atoms with E-state index in [2.05, 4.69) is 5.10 Å². The highest BCUT2D eigenvalue weighted by molar-refractivity contribution is 7.99. The minimum atomic E-state index is -0.206. The molecular weight excluding hydrogens is 249 g/mol. The van der Waals surface area contributed by atoms with E-state index in [9.17, 15) is 4.39 Å². The lowest BCUT2D eigenvalue weighted by atomic mass is 10.1. The molecule has 18 heavy (non-hydrogen) atoms. The van der Waals surface area contributed by atoms with E-state index < -0.39 is 0 Å². The summed E-state index contributed by atoms with van der Waals surface area (Å²) in [6.45, 7) is 1.91. The minimum Gasteiger partial charge on any atom is -0.328 e. The van der Waals surface area contributed by atoms with Gasteiger partial charge in [0.05, 0.1) is 11.1 Å². The Kier molecular flexibility index (Phi) is 4.04. The number of nitrogens with zero attached hydrogens (tertiary/aromatic N) is 2. The molecule has 96 valence electrons. The number of rotatable bonds is 4. The molecule has 2 N–H and O–H groups in total. The highest BCUT2D eigenvalue weighted by Gasteiger charge is 2.07. The van der Waals surface area contributed by atoms with Crippen molar-refractivity contribution >= 4 is 11.8 Å². The molecule has 0 aliphatic heterocycles. The maximum atomic E-state index is 13.9. The third kappa shape index (κ3) is 3.34. The molecule has 1 aromatic carbocycles. The van der Waals surface area contributed by atoms with E-state index in [-0.39, 0.29) is 11.9 Å². The van der Waals surface area contributed by atoms with E-state index in [0.717, 1.165) is 10.5 Å². The first-order valence-corrected chi connectivity index (χ1v) is 6.57. The topological polar surface area (TPSA) is 43.8 Å². The second-order valence-corrected chi connectivity index (χ2v) is 5.51. The highest BCUT2D eigenvalue weighted by Crippen LogP contribution is 2.29. The van der Waals surface area contributed by atoms with Gasteiger partial charge in [0.15, 0.2) is 0 Å². The molecule has 0 radical (unpaired) electrons. The molecule has 5 heteroatoms. The van der Waals surface area contributed by atoms with Gasteiger partial charge in [0, 0.05) is 24.2 Å². The lowest BCUT2D eigenvalue weighted by Crippen LogP contribution is -2.17. The van der Waals surface area contributed by atoms with Crippen LogP contribution in [-0.4, -0.2) is 15.8 Å². The van der Waals surface area contributed by atoms with E-state index in [1.807, 2.05) is 26.2 Å². The molecule has 0 spiro atoms. The number of hydrogen-bond acceptors (Lipinski definition) is 3. The summed E-state index contributed by atoms with van der Waals surface area (Å²) in [6, 6.07) is 5.32. The fourth-order valence-corrected chi connectivity index (χ4v) is 2.56. The van der Waals surface area contributed by atoms with Crippen LogP contribution in [0.1, 0.15) is 12.5 Å². The second kappa shape index (κ2) is 5.54. The van der Waals surface area contributed by atoms with Crippen LogP contribution in [-0.2, 0) is 13.5 Å². The number of aromatic nitrogens is 2. The van der Waals surface area contributed by atoms with E-state index in [0.29, 0.717) is 11.3 Å². The number of aryl methyl sites for hydroxylation is 1. The predicted molar refractivity (Wildman–Crippen MR) is 71.1 cm³/mol. The molecule has 2 rings (SSSR count). The molecule has 1 aromatic heterocycles. The normalized spacial score (nSPS) is 12.7. The molecule has 0 fully saturated rings. The van der Waals surface area contributed by atoms with Crippen molar-refractivity contribution in [1.82, 2.24) is 9.78 Å². The van der Waals surface area contributed by atoms with Gasteiger partial charge >= 0.3 is 0 Å². The van der Waals surface area contributed by atoms with Crippen LogP contribution >= 0.6 is 11.8 Å². The van der Waals surface area contributed by atoms with Gasteiger partial charge in [-0.05, 0) is 31.0 Å². The summed E-state index contributed by atoms with van der Waals surface area (Å²) in [5.74, 6) is -0.206. The van der Waals surface area contributed by atoms with Crippen molar-refractivity contribution in [3.63, 3.8) is 0 Å². The van der Waals surface area contributed by atoms with Crippen molar-refractivity contribution in [2.75, 3.05) is 0 Å². The highest BCUT2D eigenvalue weighted by atomic mass is 32.2. The predicted octanol–water partition coefficient (Wildman–Crippen LogP) is 2.60. The lowest BCUT2D eigenvalue weighted by molar-refractivity contribution is 0.597. The third-order valence-corrected chi connectivity index (χ3v) is 3.46. The van der Waals surface area contributed by atoms with Gasteiger partial charge in [0.2, 0.25) is 0 Å². The molecule has 0 saturated heterocycles. The van der Waals surface area contributed by atoms with Crippen LogP contribution in [0, 0.1) is 5.82 Å². The lowest BCUT2D eigenvalue weighted by Gasteiger charge is -2.07. The quantitative estimate of drug-likeness (QED) is 0.924. The van der Waals surface area contributed by atoms with Gasteiger partial charge in [-0.3, -0.25) is 4.68 Å². The molecule has 0 aliphatic carbocycles. The molecule has 0 bridgehead atoms. The summed E-state index contributed by atoms with van der Waals surface area (Å²) in [7, 11) is 1.84. The third-order valence-electron chi connectivity index (χ3n) is 2.46. The van der Waals surface area contributed by atoms with Gasteiger partial charge in [-0.25, -0.2) is 4.39 Å². The molecule has 2 aromatic rings. The Morgan fingerprint density at radius 2 is 2.28 bits per heavy atom. The monoisotopic (exact) mass is 265 g/mol. The summed E-state index contributed by atoms with van der Waals surface area (Å²) in [5.41, 5.74) is 6.63. The van der Waals surface area contributed by atoms with Crippen molar-refractivity contribution in [2.45, 2.75) is 29.2 Å². The minimum absolute atomic E-state index is 0.0428. The van der Waals surface area contributed by atoms with E-state index in [1.54, 1.807) is 23.0 Å². The molecule has 0 aliphatic rings. The number of hydrogen-bond donors (Lipinski definition) is 1. The summed E-state index contributed by atoms with van der Waals surface area (Å²) >= 11 is 1.37. The van der Waals surface area contributed by atoms with Gasteiger partial charge < -0.3 is 5.73 Å². The van der Waals surface area contributed by atoms with Gasteiger partial charge in [-0.15, -0.1) is 0 Å². The van der Waals surface area contributed by atoms with Crippen LogP contribution in [0.4, 0.5) is 4.39 Å². The first kappa shape index (κ1) is 13.1. The average molecular weight is 265 g/mol. The zero-order valence-corrected chi connectivity index (χ0v) is 11.2. The Balaban J connectivity index is 2.14. The van der Waals surface area contributed by atoms with Gasteiger partial charge in [-0.1, -0.05) is 17.8 Å². The average Bonchev–Trinajstić information content (AvgIpc) is 2.67. The summed E-state index contributed by atoms with van der Waals surface area (Å²) in [5, 5.41) is 4.06. The van der Waals surface area contributed by atoms with Crippen LogP contribution in [0.3, 0.4) is 0 Å². The Morgan fingerprint density at radius 1 is 1.50 bits per heavy atom. The first-order chi connectivity index (χ1) is 8.54. The maximum Gasteiger partial charge on any atom is 0.137 e. The smallest absolute Gasteiger partial charge is 0.137 e. The van der Waals surface area contributed by atoms with Crippen LogP contribution < -0.4 is 5.73 Å². The van der Waals surface area contributed by atoms with E-state index in [1.165, 1.54) is 11.8 Å². The molecule has 1 unspecified atom stereocenters. The van der Waals surface area contributed by atoms with Crippen LogP contribution in [0.2, 0.25) is 0 Å². The van der Waals surface area contributed by atoms with Crippen molar-refractivity contribution in [2.24, 2.45) is 12.8 Å². The molecule has 1 heterocycles. The summed E-state index contributed by atoms with van der Waals surface area (Å²) < 4.78 is 15.6.